The van der Waals surface area contributed by atoms with Crippen LogP contribution in [0.25, 0.3) is 0 Å². The third-order valence-electron chi connectivity index (χ3n) is 4.96. The number of esters is 1. The Morgan fingerprint density at radius 3 is 2.59 bits per heavy atom. The highest BCUT2D eigenvalue weighted by Crippen LogP contribution is 2.20. The van der Waals surface area contributed by atoms with Crippen molar-refractivity contribution < 1.29 is 23.9 Å². The maximum absolute atomic E-state index is 12.7. The molecule has 1 heterocycles. The third kappa shape index (κ3) is 5.45. The smallest absolute Gasteiger partial charge is 0.410 e. The molecule has 7 nitrogen and oxygen atoms in total. The van der Waals surface area contributed by atoms with Crippen LogP contribution in [0.4, 0.5) is 4.79 Å². The lowest BCUT2D eigenvalue weighted by Gasteiger charge is -2.27. The standard InChI is InChI=1S/C20H28N2O5/c1-4-14(2)17(19(24)26-3)21-18(23)16-11-8-12-22(16)20(25)27-13-15-9-6-5-7-10-15/h5-7,9-10,14,16-17H,4,8,11-13H2,1-3H3,(H,21,23)/t14-,16+,17-/m0/s1. The summed E-state index contributed by atoms with van der Waals surface area (Å²) < 4.78 is 10.2. The number of carbonyl (C=O) groups excluding carboxylic acids is 3. The minimum atomic E-state index is -0.727. The number of methoxy groups -OCH3 is 1. The first-order chi connectivity index (χ1) is 13.0. The summed E-state index contributed by atoms with van der Waals surface area (Å²) in [6.07, 6.45) is 1.45. The Bertz CT molecular complexity index is 649. The van der Waals surface area contributed by atoms with Crippen LogP contribution in [0.2, 0.25) is 0 Å². The first-order valence-electron chi connectivity index (χ1n) is 9.33. The van der Waals surface area contributed by atoms with E-state index in [4.69, 9.17) is 9.47 Å². The van der Waals surface area contributed by atoms with Gasteiger partial charge in [-0.1, -0.05) is 50.6 Å². The summed E-state index contributed by atoms with van der Waals surface area (Å²) in [7, 11) is 1.30. The summed E-state index contributed by atoms with van der Waals surface area (Å²) in [6.45, 7) is 4.43. The lowest BCUT2D eigenvalue weighted by molar-refractivity contribution is -0.147. The normalized spacial score (nSPS) is 18.5. The Morgan fingerprint density at radius 2 is 1.96 bits per heavy atom. The second kappa shape index (κ2) is 9.94. The quantitative estimate of drug-likeness (QED) is 0.739. The molecule has 2 amide bonds. The fraction of sp³-hybridized carbons (Fsp3) is 0.550. The van der Waals surface area contributed by atoms with Gasteiger partial charge >= 0.3 is 12.1 Å². The summed E-state index contributed by atoms with van der Waals surface area (Å²) in [6, 6.07) is 8.01. The van der Waals surface area contributed by atoms with Gasteiger partial charge in [-0.2, -0.15) is 0 Å². The first kappa shape index (κ1) is 20.7. The molecule has 27 heavy (non-hydrogen) atoms. The molecule has 7 heteroatoms. The van der Waals surface area contributed by atoms with E-state index in [1.807, 2.05) is 44.2 Å². The number of rotatable bonds is 7. The summed E-state index contributed by atoms with van der Waals surface area (Å²) >= 11 is 0. The summed E-state index contributed by atoms with van der Waals surface area (Å²) in [4.78, 5) is 38.6. The predicted octanol–water partition coefficient (Wildman–Crippen LogP) is 2.49. The zero-order valence-corrected chi connectivity index (χ0v) is 16.1. The van der Waals surface area contributed by atoms with Gasteiger partial charge in [-0.15, -0.1) is 0 Å². The van der Waals surface area contributed by atoms with Crippen LogP contribution in [0.15, 0.2) is 30.3 Å². The van der Waals surface area contributed by atoms with Gasteiger partial charge < -0.3 is 14.8 Å². The molecule has 0 aromatic heterocycles. The highest BCUT2D eigenvalue weighted by molar-refractivity contribution is 5.90. The zero-order valence-electron chi connectivity index (χ0n) is 16.1. The minimum Gasteiger partial charge on any atom is -0.467 e. The van der Waals surface area contributed by atoms with E-state index in [2.05, 4.69) is 5.32 Å². The van der Waals surface area contributed by atoms with Crippen LogP contribution in [0.1, 0.15) is 38.7 Å². The predicted molar refractivity (Wildman–Crippen MR) is 99.8 cm³/mol. The van der Waals surface area contributed by atoms with Crippen LogP contribution in [0, 0.1) is 5.92 Å². The molecule has 1 aromatic carbocycles. The molecule has 0 unspecified atom stereocenters. The van der Waals surface area contributed by atoms with E-state index >= 15 is 0 Å². The topological polar surface area (TPSA) is 84.9 Å². The van der Waals surface area contributed by atoms with E-state index in [1.165, 1.54) is 12.0 Å². The van der Waals surface area contributed by atoms with E-state index in [0.29, 0.717) is 25.8 Å². The summed E-state index contributed by atoms with van der Waals surface area (Å²) in [5.74, 6) is -0.893. The molecule has 1 aliphatic rings. The van der Waals surface area contributed by atoms with Gasteiger partial charge in [0, 0.05) is 6.54 Å². The first-order valence-corrected chi connectivity index (χ1v) is 9.33. The maximum atomic E-state index is 12.7. The highest BCUT2D eigenvalue weighted by Gasteiger charge is 2.37. The second-order valence-electron chi connectivity index (χ2n) is 6.79. The highest BCUT2D eigenvalue weighted by atomic mass is 16.6. The van der Waals surface area contributed by atoms with Gasteiger partial charge in [-0.05, 0) is 24.3 Å². The van der Waals surface area contributed by atoms with E-state index in [1.54, 1.807) is 0 Å². The SMILES string of the molecule is CC[C@H](C)[C@H](NC(=O)[C@H]1CCCN1C(=O)OCc1ccccc1)C(=O)OC. The molecule has 3 atom stereocenters. The molecule has 0 aliphatic carbocycles. The summed E-state index contributed by atoms with van der Waals surface area (Å²) in [5, 5.41) is 2.76. The van der Waals surface area contributed by atoms with Crippen LogP contribution in [0.3, 0.4) is 0 Å². The van der Waals surface area contributed by atoms with Crippen LogP contribution in [-0.4, -0.2) is 48.6 Å². The number of likely N-dealkylation sites (tertiary alicyclic amines) is 1. The van der Waals surface area contributed by atoms with Crippen molar-refractivity contribution in [2.24, 2.45) is 5.92 Å². The molecule has 1 saturated heterocycles. The Balaban J connectivity index is 1.97. The lowest BCUT2D eigenvalue weighted by atomic mass is 9.98. The Kier molecular flexibility index (Phi) is 7.64. The molecule has 0 bridgehead atoms. The van der Waals surface area contributed by atoms with Crippen molar-refractivity contribution in [3.05, 3.63) is 35.9 Å². The zero-order chi connectivity index (χ0) is 19.8. The number of nitrogens with one attached hydrogen (secondary N) is 1. The van der Waals surface area contributed by atoms with Crippen LogP contribution in [0.5, 0.6) is 0 Å². The van der Waals surface area contributed by atoms with Crippen molar-refractivity contribution in [1.29, 1.82) is 0 Å². The van der Waals surface area contributed by atoms with Crippen molar-refractivity contribution >= 4 is 18.0 Å². The molecule has 2 rings (SSSR count). The van der Waals surface area contributed by atoms with Crippen molar-refractivity contribution in [3.63, 3.8) is 0 Å². The number of hydrogen-bond donors (Lipinski definition) is 1. The van der Waals surface area contributed by atoms with Gasteiger partial charge in [0.2, 0.25) is 5.91 Å². The molecule has 1 fully saturated rings. The largest absolute Gasteiger partial charge is 0.467 e. The minimum absolute atomic E-state index is 0.0683. The molecular formula is C20H28N2O5. The van der Waals surface area contributed by atoms with Gasteiger partial charge in [0.1, 0.15) is 18.7 Å². The van der Waals surface area contributed by atoms with Crippen molar-refractivity contribution in [1.82, 2.24) is 10.2 Å². The Morgan fingerprint density at radius 1 is 1.26 bits per heavy atom. The van der Waals surface area contributed by atoms with E-state index in [-0.39, 0.29) is 18.4 Å². The molecule has 1 aromatic rings. The monoisotopic (exact) mass is 376 g/mol. The van der Waals surface area contributed by atoms with Crippen LogP contribution < -0.4 is 5.32 Å². The molecule has 148 valence electrons. The molecular weight excluding hydrogens is 348 g/mol. The van der Waals surface area contributed by atoms with Crippen LogP contribution in [-0.2, 0) is 25.7 Å². The van der Waals surface area contributed by atoms with Gasteiger partial charge in [-0.25, -0.2) is 9.59 Å². The second-order valence-corrected chi connectivity index (χ2v) is 6.79. The van der Waals surface area contributed by atoms with Gasteiger partial charge in [0.15, 0.2) is 0 Å². The Hall–Kier alpha value is -2.57. The average molecular weight is 376 g/mol. The number of nitrogens with zero attached hydrogens (tertiary/aromatic N) is 1. The van der Waals surface area contributed by atoms with E-state index < -0.39 is 24.1 Å². The average Bonchev–Trinajstić information content (AvgIpc) is 3.19. The van der Waals surface area contributed by atoms with E-state index in [9.17, 15) is 14.4 Å². The number of hydrogen-bond acceptors (Lipinski definition) is 5. The number of benzene rings is 1. The van der Waals surface area contributed by atoms with Crippen molar-refractivity contribution in [3.8, 4) is 0 Å². The van der Waals surface area contributed by atoms with Gasteiger partial charge in [0.25, 0.3) is 0 Å². The fourth-order valence-corrected chi connectivity index (χ4v) is 3.11. The molecule has 0 radical (unpaired) electrons. The number of ether oxygens (including phenoxy) is 2. The van der Waals surface area contributed by atoms with Crippen molar-refractivity contribution in [2.75, 3.05) is 13.7 Å². The lowest BCUT2D eigenvalue weighted by Crippen LogP contribution is -2.53. The van der Waals surface area contributed by atoms with Crippen LogP contribution >= 0.6 is 0 Å². The summed E-state index contributed by atoms with van der Waals surface area (Å²) in [5.41, 5.74) is 0.883. The van der Waals surface area contributed by atoms with E-state index in [0.717, 1.165) is 5.56 Å². The molecule has 0 saturated carbocycles. The molecule has 1 N–H and O–H groups in total. The molecule has 0 spiro atoms. The number of amides is 2. The number of carbonyl (C=O) groups is 3. The van der Waals surface area contributed by atoms with Crippen molar-refractivity contribution in [2.45, 2.75) is 51.8 Å². The fourth-order valence-electron chi connectivity index (χ4n) is 3.11. The third-order valence-corrected chi connectivity index (χ3v) is 4.96. The molecule has 1 aliphatic heterocycles. The van der Waals surface area contributed by atoms with Gasteiger partial charge in [-0.3, -0.25) is 9.69 Å². The maximum Gasteiger partial charge on any atom is 0.410 e. The van der Waals surface area contributed by atoms with Gasteiger partial charge in [0.05, 0.1) is 7.11 Å². The Labute approximate surface area is 160 Å².